The molecule has 1 atom stereocenters. The summed E-state index contributed by atoms with van der Waals surface area (Å²) >= 11 is 1.78. The van der Waals surface area contributed by atoms with Crippen molar-refractivity contribution in [3.63, 3.8) is 0 Å². The predicted molar refractivity (Wildman–Crippen MR) is 80.6 cm³/mol. The highest BCUT2D eigenvalue weighted by molar-refractivity contribution is 7.09. The summed E-state index contributed by atoms with van der Waals surface area (Å²) in [5.74, 6) is 0.524. The first kappa shape index (κ1) is 14.9. The Hall–Kier alpha value is -0.450. The van der Waals surface area contributed by atoms with Gasteiger partial charge in [0.05, 0.1) is 10.7 Å². The number of aliphatic hydroxyl groups is 1. The Balaban J connectivity index is 2.00. The van der Waals surface area contributed by atoms with Gasteiger partial charge in [-0.2, -0.15) is 0 Å². The van der Waals surface area contributed by atoms with Crippen LogP contribution >= 0.6 is 11.3 Å². The van der Waals surface area contributed by atoms with Crippen molar-refractivity contribution in [1.29, 1.82) is 0 Å². The van der Waals surface area contributed by atoms with Crippen molar-refractivity contribution in [3.8, 4) is 0 Å². The van der Waals surface area contributed by atoms with Crippen molar-refractivity contribution in [2.24, 2.45) is 0 Å². The molecule has 4 heteroatoms. The van der Waals surface area contributed by atoms with Crippen LogP contribution in [-0.4, -0.2) is 34.2 Å². The van der Waals surface area contributed by atoms with Crippen molar-refractivity contribution in [2.75, 3.05) is 13.2 Å². The molecule has 0 aliphatic carbocycles. The molecule has 1 saturated heterocycles. The van der Waals surface area contributed by atoms with E-state index >= 15 is 0 Å². The molecule has 0 spiro atoms. The smallest absolute Gasteiger partial charge is 0.0954 e. The molecule has 0 aromatic carbocycles. The lowest BCUT2D eigenvalue weighted by Crippen LogP contribution is -2.35. The molecule has 2 rings (SSSR count). The molecule has 19 heavy (non-hydrogen) atoms. The van der Waals surface area contributed by atoms with E-state index in [2.05, 4.69) is 24.1 Å². The third kappa shape index (κ3) is 4.26. The van der Waals surface area contributed by atoms with Gasteiger partial charge in [-0.25, -0.2) is 4.98 Å². The van der Waals surface area contributed by atoms with Crippen LogP contribution in [-0.2, 0) is 6.54 Å². The predicted octanol–water partition coefficient (Wildman–Crippen LogP) is 3.39. The number of hydrogen-bond acceptors (Lipinski definition) is 4. The number of hydrogen-bond donors (Lipinski definition) is 1. The molecule has 0 radical (unpaired) electrons. The minimum Gasteiger partial charge on any atom is -0.396 e. The number of likely N-dealkylation sites (tertiary alicyclic amines) is 1. The van der Waals surface area contributed by atoms with Crippen molar-refractivity contribution in [2.45, 2.75) is 64.5 Å². The Labute approximate surface area is 120 Å². The molecule has 1 N–H and O–H groups in total. The highest BCUT2D eigenvalue weighted by Gasteiger charge is 2.21. The van der Waals surface area contributed by atoms with Crippen LogP contribution in [0.4, 0.5) is 0 Å². The summed E-state index contributed by atoms with van der Waals surface area (Å²) < 4.78 is 0. The first-order valence-electron chi connectivity index (χ1n) is 7.50. The van der Waals surface area contributed by atoms with E-state index in [1.165, 1.54) is 36.4 Å². The maximum Gasteiger partial charge on any atom is 0.0954 e. The molecular weight excluding hydrogens is 256 g/mol. The van der Waals surface area contributed by atoms with E-state index in [0.29, 0.717) is 18.6 Å². The van der Waals surface area contributed by atoms with E-state index < -0.39 is 0 Å². The van der Waals surface area contributed by atoms with Gasteiger partial charge in [0.1, 0.15) is 0 Å². The number of aromatic nitrogens is 1. The number of aliphatic hydroxyl groups excluding tert-OH is 1. The summed E-state index contributed by atoms with van der Waals surface area (Å²) in [5, 5.41) is 12.7. The highest BCUT2D eigenvalue weighted by atomic mass is 32.1. The maximum atomic E-state index is 9.23. The van der Waals surface area contributed by atoms with Gasteiger partial charge in [-0.3, -0.25) is 4.90 Å². The molecule has 3 nitrogen and oxygen atoms in total. The minimum absolute atomic E-state index is 0.301. The Kier molecular flexibility index (Phi) is 5.79. The number of nitrogens with zero attached hydrogens (tertiary/aromatic N) is 2. The third-order valence-electron chi connectivity index (χ3n) is 3.89. The average molecular weight is 282 g/mol. The number of rotatable bonds is 5. The van der Waals surface area contributed by atoms with Crippen LogP contribution < -0.4 is 0 Å². The van der Waals surface area contributed by atoms with E-state index in [4.69, 9.17) is 4.98 Å². The molecule has 2 heterocycles. The van der Waals surface area contributed by atoms with Gasteiger partial charge in [0.15, 0.2) is 0 Å². The Bertz CT molecular complexity index is 378. The van der Waals surface area contributed by atoms with Crippen LogP contribution in [0.15, 0.2) is 5.38 Å². The van der Waals surface area contributed by atoms with Gasteiger partial charge >= 0.3 is 0 Å². The monoisotopic (exact) mass is 282 g/mol. The lowest BCUT2D eigenvalue weighted by molar-refractivity contribution is 0.150. The highest BCUT2D eigenvalue weighted by Crippen LogP contribution is 2.24. The largest absolute Gasteiger partial charge is 0.396 e. The van der Waals surface area contributed by atoms with Gasteiger partial charge in [-0.05, 0) is 25.8 Å². The van der Waals surface area contributed by atoms with Gasteiger partial charge in [-0.15, -0.1) is 11.3 Å². The van der Waals surface area contributed by atoms with E-state index in [1.807, 2.05) is 0 Å². The topological polar surface area (TPSA) is 36.4 Å². The summed E-state index contributed by atoms with van der Waals surface area (Å²) in [5.41, 5.74) is 1.21. The van der Waals surface area contributed by atoms with Crippen molar-refractivity contribution >= 4 is 11.3 Å². The zero-order chi connectivity index (χ0) is 13.7. The second kappa shape index (κ2) is 7.36. The first-order valence-corrected chi connectivity index (χ1v) is 8.38. The fourth-order valence-electron chi connectivity index (χ4n) is 2.79. The van der Waals surface area contributed by atoms with Crippen LogP contribution in [0.1, 0.15) is 62.6 Å². The Morgan fingerprint density at radius 3 is 2.95 bits per heavy atom. The fraction of sp³-hybridized carbons (Fsp3) is 0.800. The number of thiazole rings is 1. The zero-order valence-corrected chi connectivity index (χ0v) is 13.0. The van der Waals surface area contributed by atoms with E-state index in [1.54, 1.807) is 11.3 Å². The zero-order valence-electron chi connectivity index (χ0n) is 12.1. The lowest BCUT2D eigenvalue weighted by Gasteiger charge is -2.28. The van der Waals surface area contributed by atoms with Gasteiger partial charge < -0.3 is 5.11 Å². The SMILES string of the molecule is CC(C)c1nc(CN2CCCCCC2CCO)cs1. The summed E-state index contributed by atoms with van der Waals surface area (Å²) in [6, 6.07) is 0.539. The summed E-state index contributed by atoms with van der Waals surface area (Å²) in [7, 11) is 0. The minimum atomic E-state index is 0.301. The molecule has 1 aliphatic heterocycles. The molecular formula is C15H26N2OS. The second-order valence-corrected chi connectivity index (χ2v) is 6.71. The van der Waals surface area contributed by atoms with Gasteiger partial charge in [0.25, 0.3) is 0 Å². The molecule has 1 fully saturated rings. The van der Waals surface area contributed by atoms with Gasteiger partial charge in [-0.1, -0.05) is 26.7 Å². The lowest BCUT2D eigenvalue weighted by atomic mass is 10.1. The fourth-order valence-corrected chi connectivity index (χ4v) is 3.62. The second-order valence-electron chi connectivity index (χ2n) is 5.82. The molecule has 108 valence electrons. The molecule has 1 aromatic heterocycles. The van der Waals surface area contributed by atoms with Crippen molar-refractivity contribution in [3.05, 3.63) is 16.1 Å². The molecule has 0 amide bonds. The Morgan fingerprint density at radius 2 is 2.26 bits per heavy atom. The van der Waals surface area contributed by atoms with E-state index in [-0.39, 0.29) is 0 Å². The average Bonchev–Trinajstić information content (AvgIpc) is 2.74. The molecule has 0 bridgehead atoms. The molecule has 0 saturated carbocycles. The van der Waals surface area contributed by atoms with E-state index in [9.17, 15) is 5.11 Å². The molecule has 1 aliphatic rings. The van der Waals surface area contributed by atoms with Crippen molar-refractivity contribution in [1.82, 2.24) is 9.88 Å². The third-order valence-corrected chi connectivity index (χ3v) is 5.08. The van der Waals surface area contributed by atoms with Crippen LogP contribution in [0.2, 0.25) is 0 Å². The van der Waals surface area contributed by atoms with Crippen LogP contribution in [0.3, 0.4) is 0 Å². The summed E-state index contributed by atoms with van der Waals surface area (Å²) in [4.78, 5) is 7.27. The summed E-state index contributed by atoms with van der Waals surface area (Å²) in [6.07, 6.45) is 6.04. The van der Waals surface area contributed by atoms with Crippen LogP contribution in [0.25, 0.3) is 0 Å². The quantitative estimate of drug-likeness (QED) is 0.899. The Morgan fingerprint density at radius 1 is 1.42 bits per heavy atom. The van der Waals surface area contributed by atoms with Gasteiger partial charge in [0.2, 0.25) is 0 Å². The standard InChI is InChI=1S/C15H26N2OS/c1-12(2)15-16-13(11-19-15)10-17-8-5-3-4-6-14(17)7-9-18/h11-12,14,18H,3-10H2,1-2H3. The van der Waals surface area contributed by atoms with Crippen LogP contribution in [0, 0.1) is 0 Å². The van der Waals surface area contributed by atoms with E-state index in [0.717, 1.165) is 19.5 Å². The van der Waals surface area contributed by atoms with Gasteiger partial charge in [0, 0.05) is 30.5 Å². The molecule has 1 aromatic rings. The summed E-state index contributed by atoms with van der Waals surface area (Å²) in [6.45, 7) is 6.80. The van der Waals surface area contributed by atoms with Crippen LogP contribution in [0.5, 0.6) is 0 Å². The molecule has 1 unspecified atom stereocenters. The normalized spacial score (nSPS) is 21.8. The first-order chi connectivity index (χ1) is 9.20. The maximum absolute atomic E-state index is 9.23. The van der Waals surface area contributed by atoms with Crippen molar-refractivity contribution < 1.29 is 5.11 Å².